The molecule has 86 valence electrons. The van der Waals surface area contributed by atoms with Gasteiger partial charge in [0, 0.05) is 19.1 Å². The van der Waals surface area contributed by atoms with Gasteiger partial charge in [-0.25, -0.2) is 0 Å². The fraction of sp³-hybridized carbons (Fsp3) is 0.909. The van der Waals surface area contributed by atoms with Gasteiger partial charge >= 0.3 is 0 Å². The van der Waals surface area contributed by atoms with Gasteiger partial charge < -0.3 is 15.4 Å². The minimum absolute atomic E-state index is 0.0609. The van der Waals surface area contributed by atoms with E-state index in [1.807, 2.05) is 0 Å². The molecule has 1 saturated carbocycles. The molecule has 3 atom stereocenters. The van der Waals surface area contributed by atoms with Crippen LogP contribution in [0.1, 0.15) is 26.2 Å². The van der Waals surface area contributed by atoms with Crippen LogP contribution in [0.15, 0.2) is 0 Å². The van der Waals surface area contributed by atoms with Gasteiger partial charge in [0.05, 0.1) is 6.61 Å². The zero-order valence-electron chi connectivity index (χ0n) is 9.29. The van der Waals surface area contributed by atoms with Gasteiger partial charge in [0.1, 0.15) is 6.10 Å². The van der Waals surface area contributed by atoms with E-state index in [9.17, 15) is 4.79 Å². The highest BCUT2D eigenvalue weighted by Gasteiger charge is 2.38. The molecule has 1 aliphatic carbocycles. The van der Waals surface area contributed by atoms with Crippen molar-refractivity contribution in [2.75, 3.05) is 19.7 Å². The first-order valence-corrected chi connectivity index (χ1v) is 5.94. The molecule has 1 heterocycles. The van der Waals surface area contributed by atoms with Gasteiger partial charge in [-0.15, -0.1) is 0 Å². The summed E-state index contributed by atoms with van der Waals surface area (Å²) in [5.41, 5.74) is 0. The summed E-state index contributed by atoms with van der Waals surface area (Å²) in [7, 11) is 0. The average molecular weight is 212 g/mol. The maximum Gasteiger partial charge on any atom is 0.250 e. The number of morpholine rings is 1. The second kappa shape index (κ2) is 4.94. The number of rotatable bonds is 4. The molecule has 2 fully saturated rings. The Kier molecular flexibility index (Phi) is 3.59. The molecular weight excluding hydrogens is 192 g/mol. The van der Waals surface area contributed by atoms with E-state index in [0.29, 0.717) is 19.2 Å². The number of nitrogens with one attached hydrogen (secondary N) is 2. The van der Waals surface area contributed by atoms with Gasteiger partial charge in [0.15, 0.2) is 0 Å². The molecular formula is C11H20N2O2. The molecule has 0 aromatic rings. The molecule has 4 nitrogen and oxygen atoms in total. The van der Waals surface area contributed by atoms with Crippen LogP contribution in [-0.2, 0) is 9.53 Å². The number of ether oxygens (including phenoxy) is 1. The van der Waals surface area contributed by atoms with E-state index in [-0.39, 0.29) is 12.0 Å². The van der Waals surface area contributed by atoms with Crippen molar-refractivity contribution in [2.24, 2.45) is 5.92 Å². The molecule has 0 spiro atoms. The van der Waals surface area contributed by atoms with Crippen LogP contribution in [0.3, 0.4) is 0 Å². The van der Waals surface area contributed by atoms with Gasteiger partial charge in [-0.3, -0.25) is 4.79 Å². The van der Waals surface area contributed by atoms with Gasteiger partial charge in [0.2, 0.25) is 0 Å². The highest BCUT2D eigenvalue weighted by Crippen LogP contribution is 2.34. The predicted molar refractivity (Wildman–Crippen MR) is 57.6 cm³/mol. The number of carbonyl (C=O) groups is 1. The van der Waals surface area contributed by atoms with Gasteiger partial charge in [-0.1, -0.05) is 13.3 Å². The van der Waals surface area contributed by atoms with Crippen molar-refractivity contribution in [3.63, 3.8) is 0 Å². The maximum absolute atomic E-state index is 11.7. The summed E-state index contributed by atoms with van der Waals surface area (Å²) in [6, 6.07) is 0.419. The number of hydrogen-bond donors (Lipinski definition) is 2. The molecule has 0 radical (unpaired) electrons. The van der Waals surface area contributed by atoms with Gasteiger partial charge in [0.25, 0.3) is 5.91 Å². The number of carbonyl (C=O) groups excluding carboxylic acids is 1. The lowest BCUT2D eigenvalue weighted by Gasteiger charge is -2.22. The summed E-state index contributed by atoms with van der Waals surface area (Å²) in [6.45, 7) is 4.33. The van der Waals surface area contributed by atoms with Gasteiger partial charge in [-0.05, 0) is 18.8 Å². The highest BCUT2D eigenvalue weighted by atomic mass is 16.5. The van der Waals surface area contributed by atoms with E-state index in [1.54, 1.807) is 0 Å². The van der Waals surface area contributed by atoms with E-state index < -0.39 is 0 Å². The SMILES string of the molecule is CCCC1CC1NC(=O)C1CNCCO1. The Morgan fingerprint density at radius 1 is 1.60 bits per heavy atom. The Hall–Kier alpha value is -0.610. The molecule has 0 aromatic carbocycles. The summed E-state index contributed by atoms with van der Waals surface area (Å²) in [5.74, 6) is 0.779. The van der Waals surface area contributed by atoms with Crippen molar-refractivity contribution in [3.8, 4) is 0 Å². The minimum atomic E-state index is -0.276. The van der Waals surface area contributed by atoms with Crippen molar-refractivity contribution in [1.29, 1.82) is 0 Å². The summed E-state index contributed by atoms with van der Waals surface area (Å²) in [5, 5.41) is 6.21. The van der Waals surface area contributed by atoms with Crippen molar-refractivity contribution in [1.82, 2.24) is 10.6 Å². The van der Waals surface area contributed by atoms with E-state index in [4.69, 9.17) is 4.74 Å². The standard InChI is InChI=1S/C11H20N2O2/c1-2-3-8-6-9(8)13-11(14)10-7-12-4-5-15-10/h8-10,12H,2-7H2,1H3,(H,13,14). The van der Waals surface area contributed by atoms with Crippen LogP contribution in [0.5, 0.6) is 0 Å². The zero-order chi connectivity index (χ0) is 10.7. The Labute approximate surface area is 90.8 Å². The molecule has 0 bridgehead atoms. The molecule has 2 aliphatic rings. The summed E-state index contributed by atoms with van der Waals surface area (Å²) < 4.78 is 5.39. The molecule has 1 aliphatic heterocycles. The summed E-state index contributed by atoms with van der Waals surface area (Å²) >= 11 is 0. The van der Waals surface area contributed by atoms with Crippen molar-refractivity contribution >= 4 is 5.91 Å². The molecule has 1 amide bonds. The Balaban J connectivity index is 1.68. The maximum atomic E-state index is 11.7. The van der Waals surface area contributed by atoms with Crippen LogP contribution in [0, 0.1) is 5.92 Å². The normalized spacial score (nSPS) is 34.9. The van der Waals surface area contributed by atoms with E-state index in [2.05, 4.69) is 17.6 Å². The third kappa shape index (κ3) is 2.92. The molecule has 4 heteroatoms. The fourth-order valence-electron chi connectivity index (χ4n) is 2.12. The highest BCUT2D eigenvalue weighted by molar-refractivity contribution is 5.81. The van der Waals surface area contributed by atoms with Crippen LogP contribution < -0.4 is 10.6 Å². The molecule has 2 N–H and O–H groups in total. The molecule has 1 saturated heterocycles. The van der Waals surface area contributed by atoms with Crippen LogP contribution >= 0.6 is 0 Å². The fourth-order valence-corrected chi connectivity index (χ4v) is 2.12. The van der Waals surface area contributed by atoms with E-state index >= 15 is 0 Å². The third-order valence-corrected chi connectivity index (χ3v) is 3.13. The lowest BCUT2D eigenvalue weighted by atomic mass is 10.2. The lowest BCUT2D eigenvalue weighted by molar-refractivity contribution is -0.134. The van der Waals surface area contributed by atoms with Crippen LogP contribution in [0.2, 0.25) is 0 Å². The second-order valence-corrected chi connectivity index (χ2v) is 4.46. The minimum Gasteiger partial charge on any atom is -0.366 e. The van der Waals surface area contributed by atoms with E-state index in [1.165, 1.54) is 12.8 Å². The second-order valence-electron chi connectivity index (χ2n) is 4.46. The first kappa shape index (κ1) is 10.9. The topological polar surface area (TPSA) is 50.4 Å². The molecule has 3 unspecified atom stereocenters. The first-order valence-electron chi connectivity index (χ1n) is 5.94. The number of hydrogen-bond acceptors (Lipinski definition) is 3. The smallest absolute Gasteiger partial charge is 0.250 e. The Bertz CT molecular complexity index is 227. The lowest BCUT2D eigenvalue weighted by Crippen LogP contribution is -2.48. The largest absolute Gasteiger partial charge is 0.366 e. The van der Waals surface area contributed by atoms with Crippen molar-refractivity contribution in [2.45, 2.75) is 38.3 Å². The van der Waals surface area contributed by atoms with Crippen LogP contribution in [-0.4, -0.2) is 37.7 Å². The molecule has 15 heavy (non-hydrogen) atoms. The van der Waals surface area contributed by atoms with Crippen molar-refractivity contribution in [3.05, 3.63) is 0 Å². The summed E-state index contributed by atoms with van der Waals surface area (Å²) in [6.07, 6.45) is 3.31. The quantitative estimate of drug-likeness (QED) is 0.704. The van der Waals surface area contributed by atoms with Gasteiger partial charge in [-0.2, -0.15) is 0 Å². The Morgan fingerprint density at radius 2 is 2.47 bits per heavy atom. The zero-order valence-corrected chi connectivity index (χ0v) is 9.29. The monoisotopic (exact) mass is 212 g/mol. The average Bonchev–Trinajstić information content (AvgIpc) is 2.98. The first-order chi connectivity index (χ1) is 7.31. The number of amides is 1. The predicted octanol–water partition coefficient (Wildman–Crippen LogP) is 0.280. The summed E-state index contributed by atoms with van der Waals surface area (Å²) in [4.78, 5) is 11.7. The van der Waals surface area contributed by atoms with Crippen molar-refractivity contribution < 1.29 is 9.53 Å². The van der Waals surface area contributed by atoms with Crippen LogP contribution in [0.4, 0.5) is 0 Å². The Morgan fingerprint density at radius 3 is 3.13 bits per heavy atom. The third-order valence-electron chi connectivity index (χ3n) is 3.13. The van der Waals surface area contributed by atoms with E-state index in [0.717, 1.165) is 18.9 Å². The van der Waals surface area contributed by atoms with Crippen LogP contribution in [0.25, 0.3) is 0 Å². The molecule has 0 aromatic heterocycles. The molecule has 2 rings (SSSR count).